The highest BCUT2D eigenvalue weighted by Gasteiger charge is 2.32. The minimum absolute atomic E-state index is 0.0697. The Morgan fingerprint density at radius 2 is 1.88 bits per heavy atom. The van der Waals surface area contributed by atoms with Crippen LogP contribution in [0.3, 0.4) is 0 Å². The summed E-state index contributed by atoms with van der Waals surface area (Å²) in [5, 5.41) is 4.44. The zero-order valence-electron chi connectivity index (χ0n) is 19.1. The van der Waals surface area contributed by atoms with Gasteiger partial charge in [-0.25, -0.2) is 4.79 Å². The van der Waals surface area contributed by atoms with E-state index in [4.69, 9.17) is 20.8 Å². The van der Waals surface area contributed by atoms with Gasteiger partial charge in [0.1, 0.15) is 11.3 Å². The highest BCUT2D eigenvalue weighted by molar-refractivity contribution is 6.30. The second kappa shape index (κ2) is 10.2. The molecule has 2 atom stereocenters. The fourth-order valence-electron chi connectivity index (χ4n) is 5.27. The third-order valence-electron chi connectivity index (χ3n) is 7.02. The van der Waals surface area contributed by atoms with E-state index in [0.717, 1.165) is 10.9 Å². The third-order valence-corrected chi connectivity index (χ3v) is 7.27. The Kier molecular flexibility index (Phi) is 6.88. The molecule has 0 radical (unpaired) electrons. The van der Waals surface area contributed by atoms with Crippen LogP contribution in [0.5, 0.6) is 5.75 Å². The van der Waals surface area contributed by atoms with E-state index < -0.39 is 5.63 Å². The molecule has 0 saturated carbocycles. The van der Waals surface area contributed by atoms with Crippen LogP contribution in [0.15, 0.2) is 57.7 Å². The summed E-state index contributed by atoms with van der Waals surface area (Å²) < 4.78 is 11.2. The summed E-state index contributed by atoms with van der Waals surface area (Å²) in [5.41, 5.74) is 1.19. The van der Waals surface area contributed by atoms with Crippen LogP contribution in [0.25, 0.3) is 22.1 Å². The van der Waals surface area contributed by atoms with Gasteiger partial charge in [0.2, 0.25) is 0 Å². The van der Waals surface area contributed by atoms with Crippen LogP contribution in [-0.4, -0.2) is 43.1 Å². The van der Waals surface area contributed by atoms with Crippen molar-refractivity contribution in [3.63, 3.8) is 0 Å². The van der Waals surface area contributed by atoms with Crippen molar-refractivity contribution < 1.29 is 13.9 Å². The quantitative estimate of drug-likeness (QED) is 0.509. The van der Waals surface area contributed by atoms with Crippen LogP contribution in [0.2, 0.25) is 5.02 Å². The Bertz CT molecular complexity index is 1220. The maximum Gasteiger partial charge on any atom is 0.344 e. The Labute approximate surface area is 203 Å². The number of halogens is 1. The first-order valence-corrected chi connectivity index (χ1v) is 12.4. The number of nitrogens with one attached hydrogen (secondary N) is 1. The summed E-state index contributed by atoms with van der Waals surface area (Å²) in [6.45, 7) is 3.01. The van der Waals surface area contributed by atoms with Crippen molar-refractivity contribution in [3.05, 3.63) is 64.0 Å². The zero-order valence-corrected chi connectivity index (χ0v) is 19.9. The van der Waals surface area contributed by atoms with E-state index in [9.17, 15) is 9.59 Å². The maximum absolute atomic E-state index is 12.5. The highest BCUT2D eigenvalue weighted by Crippen LogP contribution is 2.30. The number of hydrogen-bond acceptors (Lipinski definition) is 5. The summed E-state index contributed by atoms with van der Waals surface area (Å²) in [5.74, 6) is 0.872. The number of rotatable bonds is 6. The van der Waals surface area contributed by atoms with Crippen molar-refractivity contribution in [2.24, 2.45) is 5.92 Å². The molecule has 1 aromatic heterocycles. The lowest BCUT2D eigenvalue weighted by Crippen LogP contribution is -2.51. The van der Waals surface area contributed by atoms with Gasteiger partial charge in [-0.2, -0.15) is 0 Å². The van der Waals surface area contributed by atoms with Crippen LogP contribution >= 0.6 is 11.6 Å². The average molecular weight is 481 g/mol. The number of carbonyl (C=O) groups excluding carboxylic acids is 1. The maximum atomic E-state index is 12.5. The van der Waals surface area contributed by atoms with Crippen molar-refractivity contribution in [3.8, 4) is 16.9 Å². The molecule has 3 heterocycles. The fraction of sp³-hybridized carbons (Fsp3) is 0.407. The smallest absolute Gasteiger partial charge is 0.344 e. The fourth-order valence-corrected chi connectivity index (χ4v) is 5.40. The topological polar surface area (TPSA) is 71.8 Å². The van der Waals surface area contributed by atoms with Gasteiger partial charge in [0.15, 0.2) is 6.61 Å². The van der Waals surface area contributed by atoms with Crippen LogP contribution < -0.4 is 15.7 Å². The third kappa shape index (κ3) is 5.13. The molecule has 6 nitrogen and oxygen atoms in total. The van der Waals surface area contributed by atoms with E-state index in [-0.39, 0.29) is 12.5 Å². The number of benzene rings is 2. The number of fused-ring (bicyclic) bond motifs is 2. The molecular weight excluding hydrogens is 452 g/mol. The molecule has 0 unspecified atom stereocenters. The van der Waals surface area contributed by atoms with Gasteiger partial charge in [-0.1, -0.05) is 30.2 Å². The van der Waals surface area contributed by atoms with Gasteiger partial charge in [-0.3, -0.25) is 4.79 Å². The predicted molar refractivity (Wildman–Crippen MR) is 133 cm³/mol. The molecule has 1 N–H and O–H groups in total. The summed E-state index contributed by atoms with van der Waals surface area (Å²) in [7, 11) is 0. The van der Waals surface area contributed by atoms with Crippen LogP contribution in [0, 0.1) is 5.92 Å². The molecule has 2 saturated heterocycles. The predicted octanol–water partition coefficient (Wildman–Crippen LogP) is 4.87. The normalized spacial score (nSPS) is 20.6. The Hall–Kier alpha value is -2.83. The molecule has 2 aliphatic heterocycles. The van der Waals surface area contributed by atoms with Crippen molar-refractivity contribution in [1.29, 1.82) is 0 Å². The summed E-state index contributed by atoms with van der Waals surface area (Å²) in [4.78, 5) is 27.6. The first-order chi connectivity index (χ1) is 16.6. The number of nitrogens with zero attached hydrogens (tertiary/aromatic N) is 1. The summed E-state index contributed by atoms with van der Waals surface area (Å²) in [6, 6.07) is 14.7. The standard InChI is InChI=1S/C27H29ClN2O4/c28-21-9-6-18(7-10-21)23-14-19-8-11-22(15-25(19)34-27(23)32)33-17-26(31)29-16-20-4-3-13-30-12-2-1-5-24(20)30/h6-11,14-15,20,24H,1-5,12-13,16-17H2,(H,29,31)/t20-,24-/m1/s1. The molecule has 1 amide bonds. The molecule has 178 valence electrons. The van der Waals surface area contributed by atoms with Gasteiger partial charge in [0.05, 0.1) is 5.56 Å². The van der Waals surface area contributed by atoms with E-state index >= 15 is 0 Å². The average Bonchev–Trinajstić information content (AvgIpc) is 2.86. The molecule has 2 aromatic carbocycles. The molecule has 5 rings (SSSR count). The second-order valence-corrected chi connectivity index (χ2v) is 9.68. The largest absolute Gasteiger partial charge is 0.484 e. The van der Waals surface area contributed by atoms with Crippen molar-refractivity contribution in [2.45, 2.75) is 38.1 Å². The number of piperidine rings is 2. The molecule has 7 heteroatoms. The minimum Gasteiger partial charge on any atom is -0.484 e. The van der Waals surface area contributed by atoms with Crippen LogP contribution in [0.4, 0.5) is 0 Å². The van der Waals surface area contributed by atoms with Crippen molar-refractivity contribution in [1.82, 2.24) is 10.2 Å². The van der Waals surface area contributed by atoms with E-state index in [2.05, 4.69) is 10.2 Å². The Balaban J connectivity index is 1.19. The first-order valence-electron chi connectivity index (χ1n) is 12.0. The lowest BCUT2D eigenvalue weighted by Gasteiger charge is -2.44. The van der Waals surface area contributed by atoms with E-state index in [1.54, 1.807) is 42.5 Å². The summed E-state index contributed by atoms with van der Waals surface area (Å²) >= 11 is 5.94. The number of carbonyl (C=O) groups is 1. The lowest BCUT2D eigenvalue weighted by molar-refractivity contribution is -0.123. The molecule has 3 aromatic rings. The van der Waals surface area contributed by atoms with Gasteiger partial charge >= 0.3 is 5.63 Å². The van der Waals surface area contributed by atoms with Crippen molar-refractivity contribution in [2.75, 3.05) is 26.2 Å². The summed E-state index contributed by atoms with van der Waals surface area (Å²) in [6.07, 6.45) is 6.18. The van der Waals surface area contributed by atoms with Gasteiger partial charge in [0.25, 0.3) is 5.91 Å². The first kappa shape index (κ1) is 22.9. The van der Waals surface area contributed by atoms with E-state index in [0.29, 0.717) is 40.4 Å². The zero-order chi connectivity index (χ0) is 23.5. The number of amides is 1. The SMILES string of the molecule is O=C(COc1ccc2cc(-c3ccc(Cl)cc3)c(=O)oc2c1)NC[C@H]1CCCN2CCCC[C@H]12. The Morgan fingerprint density at radius 1 is 1.06 bits per heavy atom. The van der Waals surface area contributed by atoms with Crippen molar-refractivity contribution >= 4 is 28.5 Å². The molecule has 34 heavy (non-hydrogen) atoms. The molecule has 2 fully saturated rings. The van der Waals surface area contributed by atoms with Gasteiger partial charge in [-0.05, 0) is 80.6 Å². The van der Waals surface area contributed by atoms with Gasteiger partial charge in [-0.15, -0.1) is 0 Å². The van der Waals surface area contributed by atoms with Crippen LogP contribution in [-0.2, 0) is 4.79 Å². The monoisotopic (exact) mass is 480 g/mol. The molecule has 0 aliphatic carbocycles. The second-order valence-electron chi connectivity index (χ2n) is 9.25. The highest BCUT2D eigenvalue weighted by atomic mass is 35.5. The van der Waals surface area contributed by atoms with E-state index in [1.807, 2.05) is 6.07 Å². The van der Waals surface area contributed by atoms with E-state index in [1.165, 1.54) is 45.2 Å². The molecule has 0 bridgehead atoms. The van der Waals surface area contributed by atoms with Gasteiger partial charge < -0.3 is 19.4 Å². The molecule has 0 spiro atoms. The molecular formula is C27H29ClN2O4. The Morgan fingerprint density at radius 3 is 2.74 bits per heavy atom. The number of hydrogen-bond donors (Lipinski definition) is 1. The number of ether oxygens (including phenoxy) is 1. The van der Waals surface area contributed by atoms with Crippen LogP contribution in [0.1, 0.15) is 32.1 Å². The molecule has 2 aliphatic rings. The van der Waals surface area contributed by atoms with Gasteiger partial charge in [0, 0.05) is 29.1 Å². The lowest BCUT2D eigenvalue weighted by atomic mass is 9.83. The minimum atomic E-state index is -0.436.